The van der Waals surface area contributed by atoms with Crippen LogP contribution in [0.25, 0.3) is 44.8 Å². The number of nitrogens with zero attached hydrogens (tertiary/aromatic N) is 5. The Hall–Kier alpha value is -3.78. The maximum absolute atomic E-state index is 5.67. The van der Waals surface area contributed by atoms with Gasteiger partial charge in [-0.25, -0.2) is 19.9 Å². The lowest BCUT2D eigenvalue weighted by Crippen LogP contribution is -2.22. The van der Waals surface area contributed by atoms with E-state index in [1.807, 2.05) is 19.1 Å². The van der Waals surface area contributed by atoms with Gasteiger partial charge in [-0.05, 0) is 63.6 Å². The number of anilines is 1. The molecule has 0 aliphatic rings. The Labute approximate surface area is 202 Å². The highest BCUT2D eigenvalue weighted by atomic mass is 32.1. The van der Waals surface area contributed by atoms with Gasteiger partial charge in [0.05, 0.1) is 28.8 Å². The fourth-order valence-electron chi connectivity index (χ4n) is 4.15. The highest BCUT2D eigenvalue weighted by molar-refractivity contribution is 7.09. The summed E-state index contributed by atoms with van der Waals surface area (Å²) < 4.78 is 7.86. The largest absolute Gasteiger partial charge is 0.497 e. The molecule has 0 fully saturated rings. The van der Waals surface area contributed by atoms with E-state index in [1.54, 1.807) is 30.8 Å². The molecule has 0 aliphatic heterocycles. The number of aromatic nitrogens is 5. The number of nitrogen functional groups attached to an aromatic ring is 1. The van der Waals surface area contributed by atoms with Crippen molar-refractivity contribution >= 4 is 28.3 Å². The fraction of sp³-hybridized carbons (Fsp3) is 0.231. The highest BCUT2D eigenvalue weighted by Crippen LogP contribution is 2.39. The Kier molecular flexibility index (Phi) is 5.32. The van der Waals surface area contributed by atoms with Crippen LogP contribution in [0.4, 0.5) is 5.95 Å². The van der Waals surface area contributed by atoms with Gasteiger partial charge in [-0.2, -0.15) is 0 Å². The third-order valence-electron chi connectivity index (χ3n) is 5.69. The zero-order valence-corrected chi connectivity index (χ0v) is 20.6. The monoisotopic (exact) mass is 470 g/mol. The molecule has 0 aliphatic carbocycles. The number of hydrogen-bond donors (Lipinski definition) is 1. The molecule has 7 nitrogen and oxygen atoms in total. The van der Waals surface area contributed by atoms with E-state index in [4.69, 9.17) is 20.4 Å². The Bertz CT molecular complexity index is 1490. The minimum Gasteiger partial charge on any atom is -0.497 e. The van der Waals surface area contributed by atoms with E-state index in [9.17, 15) is 0 Å². The van der Waals surface area contributed by atoms with E-state index in [0.717, 1.165) is 55.6 Å². The highest BCUT2D eigenvalue weighted by Gasteiger charge is 2.25. The molecule has 172 valence electrons. The van der Waals surface area contributed by atoms with E-state index in [-0.39, 0.29) is 11.5 Å². The summed E-state index contributed by atoms with van der Waals surface area (Å²) >= 11 is 1.64. The second-order valence-corrected chi connectivity index (χ2v) is 10.2. The van der Waals surface area contributed by atoms with Crippen molar-refractivity contribution in [1.29, 1.82) is 0 Å². The number of hydrogen-bond acceptors (Lipinski definition) is 7. The summed E-state index contributed by atoms with van der Waals surface area (Å²) in [6.07, 6.45) is 3.46. The Morgan fingerprint density at radius 3 is 2.35 bits per heavy atom. The summed E-state index contributed by atoms with van der Waals surface area (Å²) in [6.45, 7) is 8.58. The number of aryl methyl sites for hydroxylation is 1. The Morgan fingerprint density at radius 2 is 1.71 bits per heavy atom. The molecule has 3 aromatic heterocycles. The third kappa shape index (κ3) is 3.90. The lowest BCUT2D eigenvalue weighted by atomic mass is 10.0. The van der Waals surface area contributed by atoms with Gasteiger partial charge in [-0.15, -0.1) is 11.3 Å². The van der Waals surface area contributed by atoms with E-state index in [1.165, 1.54) is 0 Å². The number of benzene rings is 2. The molecule has 34 heavy (non-hydrogen) atoms. The van der Waals surface area contributed by atoms with E-state index in [2.05, 4.69) is 65.0 Å². The summed E-state index contributed by atoms with van der Waals surface area (Å²) in [6, 6.07) is 12.3. The van der Waals surface area contributed by atoms with Crippen molar-refractivity contribution in [3.05, 3.63) is 59.2 Å². The SMILES string of the molecule is COc1ccc(-c2csc(C)n2)c(-c2nc3cc(-c4cnc(N)nc4)ccc3n2C(C)(C)C)c1. The molecule has 0 unspecified atom stereocenters. The fourth-order valence-corrected chi connectivity index (χ4v) is 4.77. The summed E-state index contributed by atoms with van der Waals surface area (Å²) in [4.78, 5) is 18.2. The van der Waals surface area contributed by atoms with Crippen LogP contribution >= 0.6 is 11.3 Å². The zero-order chi connectivity index (χ0) is 24.0. The molecule has 0 radical (unpaired) electrons. The molecule has 0 atom stereocenters. The first kappa shape index (κ1) is 22.0. The van der Waals surface area contributed by atoms with Gasteiger partial charge in [-0.1, -0.05) is 6.07 Å². The smallest absolute Gasteiger partial charge is 0.219 e. The molecule has 0 bridgehead atoms. The van der Waals surface area contributed by atoms with Crippen LogP contribution in [0, 0.1) is 6.92 Å². The minimum absolute atomic E-state index is 0.214. The summed E-state index contributed by atoms with van der Waals surface area (Å²) in [5.74, 6) is 1.90. The van der Waals surface area contributed by atoms with Crippen molar-refractivity contribution in [2.24, 2.45) is 0 Å². The van der Waals surface area contributed by atoms with Gasteiger partial charge in [0.1, 0.15) is 11.6 Å². The zero-order valence-electron chi connectivity index (χ0n) is 19.8. The number of imidazole rings is 1. The Balaban J connectivity index is 1.77. The molecule has 2 N–H and O–H groups in total. The first-order valence-corrected chi connectivity index (χ1v) is 11.8. The van der Waals surface area contributed by atoms with Crippen LogP contribution in [0.1, 0.15) is 25.8 Å². The average molecular weight is 471 g/mol. The van der Waals surface area contributed by atoms with Crippen molar-refractivity contribution in [1.82, 2.24) is 24.5 Å². The molecule has 2 aromatic carbocycles. The summed E-state index contributed by atoms with van der Waals surface area (Å²) in [7, 11) is 1.68. The van der Waals surface area contributed by atoms with Crippen LogP contribution < -0.4 is 10.5 Å². The van der Waals surface area contributed by atoms with Gasteiger partial charge < -0.3 is 15.0 Å². The second kappa shape index (κ2) is 8.22. The Morgan fingerprint density at radius 1 is 0.941 bits per heavy atom. The number of rotatable bonds is 4. The summed E-state index contributed by atoms with van der Waals surface area (Å²) in [5, 5.41) is 3.11. The first-order valence-electron chi connectivity index (χ1n) is 11.0. The predicted octanol–water partition coefficient (Wildman–Crippen LogP) is 5.94. The van der Waals surface area contributed by atoms with Gasteiger partial charge in [-0.3, -0.25) is 0 Å². The lowest BCUT2D eigenvalue weighted by molar-refractivity contribution is 0.410. The van der Waals surface area contributed by atoms with Crippen molar-refractivity contribution < 1.29 is 4.74 Å². The molecular formula is C26H26N6OS. The standard InChI is InChI=1S/C26H26N6OS/c1-15-30-22(14-34-15)19-8-7-18(33-5)11-20(19)24-31-21-10-16(17-12-28-25(27)29-13-17)6-9-23(21)32(24)26(2,3)4/h6-14H,1-5H3,(H2,27,28,29). The molecule has 0 saturated heterocycles. The van der Waals surface area contributed by atoms with Crippen molar-refractivity contribution in [2.75, 3.05) is 12.8 Å². The van der Waals surface area contributed by atoms with Crippen LogP contribution in [0.5, 0.6) is 5.75 Å². The van der Waals surface area contributed by atoms with E-state index >= 15 is 0 Å². The van der Waals surface area contributed by atoms with Gasteiger partial charge >= 0.3 is 0 Å². The van der Waals surface area contributed by atoms with Crippen LogP contribution in [0.15, 0.2) is 54.2 Å². The maximum Gasteiger partial charge on any atom is 0.219 e. The van der Waals surface area contributed by atoms with Crippen LogP contribution in [-0.2, 0) is 5.54 Å². The molecule has 3 heterocycles. The normalized spacial score (nSPS) is 11.8. The topological polar surface area (TPSA) is 91.7 Å². The second-order valence-electron chi connectivity index (χ2n) is 9.14. The third-order valence-corrected chi connectivity index (χ3v) is 6.47. The molecule has 8 heteroatoms. The van der Waals surface area contributed by atoms with Crippen LogP contribution in [-0.4, -0.2) is 31.6 Å². The number of methoxy groups -OCH3 is 1. The molecule has 5 aromatic rings. The molecule has 0 amide bonds. The number of fused-ring (bicyclic) bond motifs is 1. The van der Waals surface area contributed by atoms with Crippen LogP contribution in [0.3, 0.4) is 0 Å². The van der Waals surface area contributed by atoms with Crippen molar-refractivity contribution in [3.63, 3.8) is 0 Å². The molecule has 5 rings (SSSR count). The maximum atomic E-state index is 5.67. The number of ether oxygens (including phenoxy) is 1. The van der Waals surface area contributed by atoms with E-state index in [0.29, 0.717) is 0 Å². The minimum atomic E-state index is -0.214. The first-order chi connectivity index (χ1) is 16.2. The quantitative estimate of drug-likeness (QED) is 0.350. The van der Waals surface area contributed by atoms with Crippen molar-refractivity contribution in [2.45, 2.75) is 33.2 Å². The van der Waals surface area contributed by atoms with Crippen molar-refractivity contribution in [3.8, 4) is 39.5 Å². The van der Waals surface area contributed by atoms with Gasteiger partial charge in [0.25, 0.3) is 0 Å². The summed E-state index contributed by atoms with van der Waals surface area (Å²) in [5.41, 5.74) is 12.2. The average Bonchev–Trinajstić information content (AvgIpc) is 3.42. The van der Waals surface area contributed by atoms with E-state index < -0.39 is 0 Å². The molecular weight excluding hydrogens is 444 g/mol. The van der Waals surface area contributed by atoms with Crippen LogP contribution in [0.2, 0.25) is 0 Å². The number of thiazole rings is 1. The molecule has 0 saturated carbocycles. The van der Waals surface area contributed by atoms with Gasteiger partial charge in [0.2, 0.25) is 5.95 Å². The van der Waals surface area contributed by atoms with Gasteiger partial charge in [0.15, 0.2) is 0 Å². The number of nitrogens with two attached hydrogens (primary N) is 1. The molecule has 0 spiro atoms. The van der Waals surface area contributed by atoms with Gasteiger partial charge in [0, 0.05) is 40.0 Å². The predicted molar refractivity (Wildman–Crippen MR) is 138 cm³/mol. The lowest BCUT2D eigenvalue weighted by Gasteiger charge is -2.25.